The molecule has 0 atom stereocenters. The highest BCUT2D eigenvalue weighted by atomic mass is 14.9. The molecular weight excluding hydrogens is 364 g/mol. The first kappa shape index (κ1) is 20.5. The SMILES string of the molecule is C=C1CCC(Cc2cnc(Cc3ccc(Cc4ccc(CC)cc4)cc3)nc2)CC1. The van der Waals surface area contributed by atoms with Gasteiger partial charge in [0.25, 0.3) is 0 Å². The van der Waals surface area contributed by atoms with E-state index in [9.17, 15) is 0 Å². The minimum atomic E-state index is 0.760. The third-order valence-electron chi connectivity index (χ3n) is 6.32. The summed E-state index contributed by atoms with van der Waals surface area (Å²) in [6.07, 6.45) is 12.9. The van der Waals surface area contributed by atoms with Crippen molar-refractivity contribution >= 4 is 0 Å². The van der Waals surface area contributed by atoms with Crippen LogP contribution in [0.3, 0.4) is 0 Å². The van der Waals surface area contributed by atoms with Crippen LogP contribution in [0.5, 0.6) is 0 Å². The van der Waals surface area contributed by atoms with Gasteiger partial charge in [-0.2, -0.15) is 0 Å². The highest BCUT2D eigenvalue weighted by Gasteiger charge is 2.16. The van der Waals surface area contributed by atoms with Crippen molar-refractivity contribution in [3.63, 3.8) is 0 Å². The Balaban J connectivity index is 1.31. The molecular formula is C28H32N2. The summed E-state index contributed by atoms with van der Waals surface area (Å²) in [7, 11) is 0. The molecule has 0 unspecified atom stereocenters. The fourth-order valence-corrected chi connectivity index (χ4v) is 4.29. The number of hydrogen-bond donors (Lipinski definition) is 0. The van der Waals surface area contributed by atoms with Gasteiger partial charge in [0.15, 0.2) is 0 Å². The van der Waals surface area contributed by atoms with Gasteiger partial charge in [-0.15, -0.1) is 0 Å². The van der Waals surface area contributed by atoms with Crippen LogP contribution in [0.25, 0.3) is 0 Å². The topological polar surface area (TPSA) is 25.8 Å². The molecule has 0 radical (unpaired) electrons. The average Bonchev–Trinajstić information content (AvgIpc) is 2.78. The zero-order chi connectivity index (χ0) is 20.8. The quantitative estimate of drug-likeness (QED) is 0.425. The number of aryl methyl sites for hydroxylation is 1. The Morgan fingerprint density at radius 3 is 1.77 bits per heavy atom. The fourth-order valence-electron chi connectivity index (χ4n) is 4.29. The summed E-state index contributed by atoms with van der Waals surface area (Å²) in [6.45, 7) is 6.31. The van der Waals surface area contributed by atoms with Crippen molar-refractivity contribution in [3.05, 3.63) is 107 Å². The van der Waals surface area contributed by atoms with Gasteiger partial charge >= 0.3 is 0 Å². The normalized spacial score (nSPS) is 14.8. The van der Waals surface area contributed by atoms with E-state index in [1.54, 1.807) is 0 Å². The summed E-state index contributed by atoms with van der Waals surface area (Å²) in [6, 6.07) is 17.8. The maximum Gasteiger partial charge on any atom is 0.132 e. The van der Waals surface area contributed by atoms with Gasteiger partial charge < -0.3 is 0 Å². The molecule has 2 aromatic carbocycles. The number of nitrogens with zero attached hydrogens (tertiary/aromatic N) is 2. The van der Waals surface area contributed by atoms with Gasteiger partial charge in [-0.25, -0.2) is 9.97 Å². The fraction of sp³-hybridized carbons (Fsp3) is 0.357. The van der Waals surface area contributed by atoms with Gasteiger partial charge in [-0.05, 0) is 78.7 Å². The number of allylic oxidation sites excluding steroid dienone is 1. The Labute approximate surface area is 181 Å². The molecule has 0 N–H and O–H groups in total. The molecule has 30 heavy (non-hydrogen) atoms. The Kier molecular flexibility index (Phi) is 6.74. The summed E-state index contributed by atoms with van der Waals surface area (Å²) in [5.74, 6) is 1.66. The lowest BCUT2D eigenvalue weighted by molar-refractivity contribution is 0.407. The van der Waals surface area contributed by atoms with E-state index in [0.29, 0.717) is 0 Å². The molecule has 1 aromatic heterocycles. The summed E-state index contributed by atoms with van der Waals surface area (Å²) in [4.78, 5) is 9.26. The zero-order valence-electron chi connectivity index (χ0n) is 18.1. The molecule has 0 amide bonds. The van der Waals surface area contributed by atoms with Crippen LogP contribution < -0.4 is 0 Å². The average molecular weight is 397 g/mol. The highest BCUT2D eigenvalue weighted by Crippen LogP contribution is 2.29. The maximum absolute atomic E-state index is 4.63. The van der Waals surface area contributed by atoms with E-state index in [0.717, 1.165) is 37.4 Å². The van der Waals surface area contributed by atoms with Gasteiger partial charge in [0.05, 0.1) is 0 Å². The smallest absolute Gasteiger partial charge is 0.132 e. The Morgan fingerprint density at radius 1 is 0.733 bits per heavy atom. The van der Waals surface area contributed by atoms with E-state index < -0.39 is 0 Å². The third kappa shape index (κ3) is 5.66. The van der Waals surface area contributed by atoms with E-state index in [1.807, 2.05) is 12.4 Å². The molecule has 1 aliphatic rings. The van der Waals surface area contributed by atoms with Gasteiger partial charge in [0, 0.05) is 18.8 Å². The molecule has 4 rings (SSSR count). The molecule has 2 heteroatoms. The first-order valence-electron chi connectivity index (χ1n) is 11.3. The summed E-state index contributed by atoms with van der Waals surface area (Å²) >= 11 is 0. The number of aromatic nitrogens is 2. The van der Waals surface area contributed by atoms with Crippen LogP contribution in [-0.2, 0) is 25.7 Å². The van der Waals surface area contributed by atoms with Crippen molar-refractivity contribution in [1.29, 1.82) is 0 Å². The minimum absolute atomic E-state index is 0.760. The van der Waals surface area contributed by atoms with E-state index in [4.69, 9.17) is 0 Å². The van der Waals surface area contributed by atoms with Crippen LogP contribution in [0, 0.1) is 5.92 Å². The summed E-state index contributed by atoms with van der Waals surface area (Å²) in [5, 5.41) is 0. The van der Waals surface area contributed by atoms with E-state index in [1.165, 1.54) is 59.1 Å². The molecule has 2 nitrogen and oxygen atoms in total. The number of benzene rings is 2. The molecule has 1 aliphatic carbocycles. The lowest BCUT2D eigenvalue weighted by atomic mass is 9.83. The molecule has 1 fully saturated rings. The Bertz CT molecular complexity index is 943. The summed E-state index contributed by atoms with van der Waals surface area (Å²) < 4.78 is 0. The van der Waals surface area contributed by atoms with Crippen molar-refractivity contribution in [2.75, 3.05) is 0 Å². The molecule has 0 aliphatic heterocycles. The Hall–Kier alpha value is -2.74. The van der Waals surface area contributed by atoms with Gasteiger partial charge in [0.1, 0.15) is 5.82 Å². The van der Waals surface area contributed by atoms with Crippen LogP contribution in [0.15, 0.2) is 73.1 Å². The molecule has 0 saturated heterocycles. The van der Waals surface area contributed by atoms with Crippen molar-refractivity contribution in [2.45, 2.75) is 58.3 Å². The van der Waals surface area contributed by atoms with Gasteiger partial charge in [-0.1, -0.05) is 67.6 Å². The predicted octanol–water partition coefficient (Wildman–Crippen LogP) is 6.51. The van der Waals surface area contributed by atoms with Gasteiger partial charge in [-0.3, -0.25) is 0 Å². The first-order chi connectivity index (χ1) is 14.7. The van der Waals surface area contributed by atoms with E-state index in [-0.39, 0.29) is 0 Å². The van der Waals surface area contributed by atoms with Gasteiger partial charge in [0.2, 0.25) is 0 Å². The number of rotatable bonds is 7. The molecule has 1 heterocycles. The molecule has 154 valence electrons. The predicted molar refractivity (Wildman–Crippen MR) is 125 cm³/mol. The monoisotopic (exact) mass is 396 g/mol. The first-order valence-corrected chi connectivity index (χ1v) is 11.3. The molecule has 0 spiro atoms. The number of hydrogen-bond acceptors (Lipinski definition) is 2. The van der Waals surface area contributed by atoms with Crippen LogP contribution >= 0.6 is 0 Å². The molecule has 0 bridgehead atoms. The largest absolute Gasteiger partial charge is 0.241 e. The minimum Gasteiger partial charge on any atom is -0.241 e. The van der Waals surface area contributed by atoms with Crippen molar-refractivity contribution in [3.8, 4) is 0 Å². The van der Waals surface area contributed by atoms with E-state index >= 15 is 0 Å². The highest BCUT2D eigenvalue weighted by molar-refractivity contribution is 5.31. The second-order valence-electron chi connectivity index (χ2n) is 8.75. The lowest BCUT2D eigenvalue weighted by Crippen LogP contribution is -2.11. The molecule has 3 aromatic rings. The van der Waals surface area contributed by atoms with Crippen LogP contribution in [0.4, 0.5) is 0 Å². The second-order valence-corrected chi connectivity index (χ2v) is 8.75. The molecule has 1 saturated carbocycles. The van der Waals surface area contributed by atoms with Crippen molar-refractivity contribution in [1.82, 2.24) is 9.97 Å². The standard InChI is InChI=1S/C28H32N2/c1-3-22-8-10-24(11-9-22)16-25-12-14-26(15-13-25)18-28-29-19-27(20-30-28)17-23-6-4-21(2)5-7-23/h8-15,19-20,23H,2-7,16-18H2,1H3. The lowest BCUT2D eigenvalue weighted by Gasteiger charge is -2.23. The van der Waals surface area contributed by atoms with Crippen molar-refractivity contribution in [2.24, 2.45) is 5.92 Å². The Morgan fingerprint density at radius 2 is 1.23 bits per heavy atom. The summed E-state index contributed by atoms with van der Waals surface area (Å²) in [5.41, 5.74) is 8.04. The van der Waals surface area contributed by atoms with Crippen LogP contribution in [0.2, 0.25) is 0 Å². The van der Waals surface area contributed by atoms with Crippen LogP contribution in [0.1, 0.15) is 66.2 Å². The second kappa shape index (κ2) is 9.84. The maximum atomic E-state index is 4.63. The van der Waals surface area contributed by atoms with Crippen molar-refractivity contribution < 1.29 is 0 Å². The zero-order valence-corrected chi connectivity index (χ0v) is 18.1. The van der Waals surface area contributed by atoms with Crippen LogP contribution in [-0.4, -0.2) is 9.97 Å². The third-order valence-corrected chi connectivity index (χ3v) is 6.32. The van der Waals surface area contributed by atoms with E-state index in [2.05, 4.69) is 72.0 Å².